The summed E-state index contributed by atoms with van der Waals surface area (Å²) in [5.74, 6) is -0.374. The highest BCUT2D eigenvalue weighted by Crippen LogP contribution is 1.95. The van der Waals surface area contributed by atoms with Gasteiger partial charge in [0, 0.05) is 0 Å². The molecule has 4 aromatic heterocycles. The van der Waals surface area contributed by atoms with Gasteiger partial charge in [0.1, 0.15) is 19.8 Å². The normalized spacial score (nSPS) is 10.6. The van der Waals surface area contributed by atoms with Gasteiger partial charge in [-0.05, 0) is 31.3 Å². The van der Waals surface area contributed by atoms with E-state index in [1.54, 1.807) is 0 Å². The second-order valence-electron chi connectivity index (χ2n) is 7.33. The maximum Gasteiger partial charge on any atom is 0.414 e. The number of H-pyrrole nitrogens is 3. The number of aromatic nitrogens is 15. The van der Waals surface area contributed by atoms with Gasteiger partial charge in [0.2, 0.25) is 17.8 Å². The molecule has 0 aliphatic heterocycles. The van der Waals surface area contributed by atoms with Crippen LogP contribution in [-0.4, -0.2) is 114 Å². The van der Waals surface area contributed by atoms with Crippen molar-refractivity contribution in [2.24, 2.45) is 0 Å². The lowest BCUT2D eigenvalue weighted by atomic mass is 10.5. The highest BCUT2D eigenvalue weighted by molar-refractivity contribution is 5.82. The van der Waals surface area contributed by atoms with E-state index in [4.69, 9.17) is 14.2 Å². The fraction of sp³-hybridized carbons (Fsp3) is 0.400. The zero-order chi connectivity index (χ0) is 29.9. The lowest BCUT2D eigenvalue weighted by molar-refractivity contribution is 0.149. The van der Waals surface area contributed by atoms with E-state index in [0.29, 0.717) is 13.7 Å². The third kappa shape index (κ3) is 7.51. The number of ether oxygens (including phenoxy) is 3. The lowest BCUT2D eigenvalue weighted by Gasteiger charge is -2.14. The van der Waals surface area contributed by atoms with Crippen LogP contribution in [-0.2, 0) is 33.8 Å². The van der Waals surface area contributed by atoms with Crippen molar-refractivity contribution in [2.75, 3.05) is 35.8 Å². The Morgan fingerprint density at radius 1 is 0.548 bits per heavy atom. The Kier molecular flexibility index (Phi) is 9.13. The summed E-state index contributed by atoms with van der Waals surface area (Å²) in [6.45, 7) is -3.02. The maximum atomic E-state index is 13.0. The lowest BCUT2D eigenvalue weighted by Crippen LogP contribution is -2.55. The van der Waals surface area contributed by atoms with Gasteiger partial charge >= 0.3 is 35.3 Å². The molecule has 0 fully saturated rings. The molecule has 0 aromatic carbocycles. The molecule has 4 rings (SSSR count). The molecule has 0 saturated carbocycles. The van der Waals surface area contributed by atoms with E-state index >= 15 is 0 Å². The zero-order valence-electron chi connectivity index (χ0n) is 20.8. The van der Waals surface area contributed by atoms with Crippen molar-refractivity contribution in [1.82, 2.24) is 75.6 Å². The number of carbonyl (C=O) groups is 3. The summed E-state index contributed by atoms with van der Waals surface area (Å²) in [6.07, 6.45) is -3.05. The second-order valence-corrected chi connectivity index (χ2v) is 7.33. The molecule has 0 bridgehead atoms. The van der Waals surface area contributed by atoms with Crippen LogP contribution in [0.15, 0.2) is 14.4 Å². The van der Waals surface area contributed by atoms with E-state index < -0.39 is 74.8 Å². The number of nitrogens with one attached hydrogen (secondary N) is 6. The van der Waals surface area contributed by atoms with Crippen LogP contribution in [0, 0.1) is 0 Å². The molecule has 27 nitrogen and oxygen atoms in total. The van der Waals surface area contributed by atoms with E-state index in [1.165, 1.54) is 0 Å². The van der Waals surface area contributed by atoms with Gasteiger partial charge in [-0.25, -0.2) is 57.8 Å². The van der Waals surface area contributed by atoms with Crippen molar-refractivity contribution < 1.29 is 28.6 Å². The van der Waals surface area contributed by atoms with Gasteiger partial charge in [-0.1, -0.05) is 15.3 Å². The van der Waals surface area contributed by atoms with E-state index in [0.717, 1.165) is 0 Å². The fourth-order valence-corrected chi connectivity index (χ4v) is 2.98. The van der Waals surface area contributed by atoms with Crippen LogP contribution in [0.2, 0.25) is 0 Å². The summed E-state index contributed by atoms with van der Waals surface area (Å²) < 4.78 is 16.5. The van der Waals surface area contributed by atoms with Gasteiger partial charge in [-0.15, -0.1) is 0 Å². The summed E-state index contributed by atoms with van der Waals surface area (Å²) in [5.41, 5.74) is -3.32. The number of nitrogens with zero attached hydrogens (tertiary/aromatic N) is 12. The molecular formula is C15H18N18O9. The minimum Gasteiger partial charge on any atom is -0.447 e. The molecule has 4 heterocycles. The Balaban J connectivity index is 1.45. The Morgan fingerprint density at radius 3 is 1.07 bits per heavy atom. The molecule has 0 spiro atoms. The monoisotopic (exact) mass is 594 g/mol. The summed E-state index contributed by atoms with van der Waals surface area (Å²) in [4.78, 5) is 74.7. The van der Waals surface area contributed by atoms with Gasteiger partial charge in [0.25, 0.3) is 0 Å². The third-order valence-corrected chi connectivity index (χ3v) is 4.73. The van der Waals surface area contributed by atoms with E-state index in [1.807, 2.05) is 0 Å². The molecule has 3 amide bonds. The smallest absolute Gasteiger partial charge is 0.414 e. The molecule has 4 aromatic rings. The minimum atomic E-state index is -1.11. The van der Waals surface area contributed by atoms with Crippen molar-refractivity contribution in [2.45, 2.75) is 19.6 Å². The van der Waals surface area contributed by atoms with Crippen LogP contribution in [0.3, 0.4) is 0 Å². The zero-order valence-corrected chi connectivity index (χ0v) is 20.8. The van der Waals surface area contributed by atoms with Gasteiger partial charge in [-0.3, -0.25) is 16.0 Å². The predicted molar refractivity (Wildman–Crippen MR) is 127 cm³/mol. The number of amides is 3. The van der Waals surface area contributed by atoms with Crippen molar-refractivity contribution >= 4 is 36.1 Å². The summed E-state index contributed by atoms with van der Waals surface area (Å²) in [5, 5.41) is 43.1. The summed E-state index contributed by atoms with van der Waals surface area (Å²) in [6, 6.07) is 0. The molecule has 0 aliphatic carbocycles. The first-order valence-electron chi connectivity index (χ1n) is 11.3. The topological polar surface area (TPSA) is 344 Å². The summed E-state index contributed by atoms with van der Waals surface area (Å²) in [7, 11) is 0. The molecule has 0 unspecified atom stereocenters. The molecule has 0 aliphatic rings. The molecule has 42 heavy (non-hydrogen) atoms. The Morgan fingerprint density at radius 2 is 0.833 bits per heavy atom. The minimum absolute atomic E-state index is 0.125. The second kappa shape index (κ2) is 13.5. The highest BCUT2D eigenvalue weighted by Gasteiger charge is 2.18. The molecule has 0 radical (unpaired) electrons. The van der Waals surface area contributed by atoms with E-state index in [9.17, 15) is 28.8 Å². The number of hydrogen-bond donors (Lipinski definition) is 6. The first-order chi connectivity index (χ1) is 20.3. The highest BCUT2D eigenvalue weighted by atomic mass is 16.6. The Labute approximate surface area is 227 Å². The van der Waals surface area contributed by atoms with Crippen LogP contribution >= 0.6 is 0 Å². The molecule has 222 valence electrons. The molecule has 27 heteroatoms. The van der Waals surface area contributed by atoms with E-state index in [2.05, 4.69) is 77.8 Å². The van der Waals surface area contributed by atoms with Crippen molar-refractivity contribution in [3.8, 4) is 0 Å². The van der Waals surface area contributed by atoms with Gasteiger partial charge in [0.15, 0.2) is 0 Å². The molecule has 0 saturated heterocycles. The number of anilines is 3. The van der Waals surface area contributed by atoms with Crippen molar-refractivity contribution in [3.63, 3.8) is 0 Å². The van der Waals surface area contributed by atoms with Crippen LogP contribution in [0.4, 0.5) is 32.2 Å². The van der Waals surface area contributed by atoms with Crippen LogP contribution in [0.1, 0.15) is 0 Å². The van der Waals surface area contributed by atoms with Gasteiger partial charge in [0.05, 0.1) is 19.6 Å². The average molecular weight is 594 g/mol. The van der Waals surface area contributed by atoms with Crippen LogP contribution < -0.4 is 33.0 Å². The quantitative estimate of drug-likeness (QED) is 0.0840. The van der Waals surface area contributed by atoms with E-state index in [-0.39, 0.29) is 17.8 Å². The maximum absolute atomic E-state index is 13.0. The molecular weight excluding hydrogens is 576 g/mol. The van der Waals surface area contributed by atoms with Gasteiger partial charge < -0.3 is 14.2 Å². The molecule has 6 N–H and O–H groups in total. The van der Waals surface area contributed by atoms with Crippen LogP contribution in [0.5, 0.6) is 0 Å². The Bertz CT molecular complexity index is 1430. The first-order valence-corrected chi connectivity index (χ1v) is 11.3. The number of hydrogen-bond acceptors (Lipinski definition) is 18. The fourth-order valence-electron chi connectivity index (χ4n) is 2.98. The van der Waals surface area contributed by atoms with Crippen molar-refractivity contribution in [3.05, 3.63) is 31.5 Å². The first kappa shape index (κ1) is 28.4. The average Bonchev–Trinajstić information content (AvgIpc) is 3.75. The number of carbonyl (C=O) groups excluding carboxylic acids is 3. The van der Waals surface area contributed by atoms with Crippen molar-refractivity contribution in [1.29, 1.82) is 0 Å². The predicted octanol–water partition coefficient (Wildman–Crippen LogP) is -4.54. The SMILES string of the molecule is O=C(Nc1nnn[nH]1)OCCn1c(=O)n(CCOC(=O)Nc2nnn[nH]2)c(=O)n(CCOC(=O)Nc2nnn[nH]2)c1=O. The summed E-state index contributed by atoms with van der Waals surface area (Å²) >= 11 is 0. The standard InChI is InChI=1S/C15H18N18O9/c34-10(16-7-19-25-26-20-7)40-4-1-31-13(37)32(2-5-41-11(35)17-8-21-27-28-22-8)15(39)33(14(31)38)3-6-42-12(36)18-9-23-29-30-24-9/h1-6H2,(H2,16,19,20,25,26,34)(H2,17,21,22,27,28,35)(H2,18,23,24,29,30,36). The number of aromatic amines is 3. The number of rotatable bonds is 12. The Hall–Kier alpha value is -6.57. The van der Waals surface area contributed by atoms with Gasteiger partial charge in [-0.2, -0.15) is 0 Å². The largest absolute Gasteiger partial charge is 0.447 e. The third-order valence-electron chi connectivity index (χ3n) is 4.73. The number of tetrazole rings is 3. The molecule has 0 atom stereocenters. The van der Waals surface area contributed by atoms with Crippen LogP contribution in [0.25, 0.3) is 0 Å².